The number of hydrogen-bond acceptors (Lipinski definition) is 2. The van der Waals surface area contributed by atoms with Gasteiger partial charge in [-0.15, -0.1) is 11.6 Å². The number of halogens is 2. The van der Waals surface area contributed by atoms with Crippen LogP contribution in [0.1, 0.15) is 31.2 Å². The number of benzene rings is 1. The quantitative estimate of drug-likeness (QED) is 0.608. The molecular weight excluding hydrogens is 289 g/mol. The Morgan fingerprint density at radius 1 is 1.24 bits per heavy atom. The van der Waals surface area contributed by atoms with Crippen LogP contribution in [0.4, 0.5) is 4.39 Å². The first-order chi connectivity index (χ1) is 10.3. The van der Waals surface area contributed by atoms with E-state index in [0.29, 0.717) is 30.2 Å². The van der Waals surface area contributed by atoms with Crippen LogP contribution in [0.25, 0.3) is 0 Å². The lowest BCUT2D eigenvalue weighted by molar-refractivity contribution is 0.183. The minimum absolute atomic E-state index is 0.340. The lowest BCUT2D eigenvalue weighted by atomic mass is 10.1. The molecule has 1 aliphatic heterocycles. The third kappa shape index (κ3) is 5.57. The highest BCUT2D eigenvalue weighted by atomic mass is 35.5. The van der Waals surface area contributed by atoms with Crippen molar-refractivity contribution in [1.82, 2.24) is 4.90 Å². The molecule has 1 aromatic carbocycles. The van der Waals surface area contributed by atoms with E-state index in [9.17, 15) is 4.39 Å². The Labute approximate surface area is 131 Å². The van der Waals surface area contributed by atoms with Crippen LogP contribution in [0.15, 0.2) is 18.2 Å². The van der Waals surface area contributed by atoms with Gasteiger partial charge < -0.3 is 4.74 Å². The van der Waals surface area contributed by atoms with E-state index in [1.165, 1.54) is 25.3 Å². The van der Waals surface area contributed by atoms with Crippen LogP contribution >= 0.6 is 11.6 Å². The van der Waals surface area contributed by atoms with E-state index in [1.807, 2.05) is 0 Å². The van der Waals surface area contributed by atoms with Crippen molar-refractivity contribution in [3.63, 3.8) is 0 Å². The normalized spacial score (nSPS) is 15.3. The fraction of sp³-hybridized carbons (Fsp3) is 0.529. The van der Waals surface area contributed by atoms with Gasteiger partial charge in [-0.1, -0.05) is 18.3 Å². The monoisotopic (exact) mass is 309 g/mol. The van der Waals surface area contributed by atoms with E-state index in [-0.39, 0.29) is 5.82 Å². The van der Waals surface area contributed by atoms with E-state index < -0.39 is 0 Å². The summed E-state index contributed by atoms with van der Waals surface area (Å²) in [6.07, 6.45) is 4.43. The van der Waals surface area contributed by atoms with Gasteiger partial charge in [-0.3, -0.25) is 4.90 Å². The first kappa shape index (κ1) is 16.1. The third-order valence-electron chi connectivity index (χ3n) is 3.51. The molecule has 0 radical (unpaired) electrons. The molecule has 1 saturated heterocycles. The lowest BCUT2D eigenvalue weighted by Crippen LogP contribution is -2.33. The van der Waals surface area contributed by atoms with Crippen molar-refractivity contribution in [2.75, 3.05) is 32.1 Å². The van der Waals surface area contributed by atoms with Gasteiger partial charge in [-0.05, 0) is 38.1 Å². The fourth-order valence-corrected chi connectivity index (χ4v) is 2.46. The van der Waals surface area contributed by atoms with Gasteiger partial charge in [-0.2, -0.15) is 0 Å². The second kappa shape index (κ2) is 8.92. The molecule has 21 heavy (non-hydrogen) atoms. The first-order valence-electron chi connectivity index (χ1n) is 7.49. The highest BCUT2D eigenvalue weighted by molar-refractivity contribution is 6.18. The Kier molecular flexibility index (Phi) is 6.85. The van der Waals surface area contributed by atoms with Crippen LogP contribution in [0.3, 0.4) is 0 Å². The summed E-state index contributed by atoms with van der Waals surface area (Å²) in [5.74, 6) is 6.29. The molecule has 0 amide bonds. The summed E-state index contributed by atoms with van der Waals surface area (Å²) in [4.78, 5) is 2.39. The molecule has 0 N–H and O–H groups in total. The molecule has 1 fully saturated rings. The SMILES string of the molecule is Fc1cc(OCCN2CCCCC2)ccc1C#CCCCl. The van der Waals surface area contributed by atoms with Crippen LogP contribution in [0.2, 0.25) is 0 Å². The zero-order chi connectivity index (χ0) is 14.9. The molecule has 4 heteroatoms. The lowest BCUT2D eigenvalue weighted by Gasteiger charge is -2.26. The van der Waals surface area contributed by atoms with Gasteiger partial charge in [0.2, 0.25) is 0 Å². The molecule has 0 bridgehead atoms. The maximum absolute atomic E-state index is 13.8. The standard InChI is InChI=1S/C17H21ClFNO/c18-9-3-2-6-15-7-8-16(14-17(15)19)21-13-12-20-10-4-1-5-11-20/h7-8,14H,1,3-5,9-13H2. The Bertz CT molecular complexity index is 503. The zero-order valence-corrected chi connectivity index (χ0v) is 13.0. The summed E-state index contributed by atoms with van der Waals surface area (Å²) in [5, 5.41) is 0. The maximum Gasteiger partial charge on any atom is 0.142 e. The number of nitrogens with zero attached hydrogens (tertiary/aromatic N) is 1. The van der Waals surface area contributed by atoms with Gasteiger partial charge >= 0.3 is 0 Å². The van der Waals surface area contributed by atoms with Crippen molar-refractivity contribution in [2.24, 2.45) is 0 Å². The van der Waals surface area contributed by atoms with Gasteiger partial charge in [0.05, 0.1) is 5.56 Å². The molecular formula is C17H21ClFNO. The van der Waals surface area contributed by atoms with Gasteiger partial charge in [0.1, 0.15) is 18.2 Å². The first-order valence-corrected chi connectivity index (χ1v) is 8.02. The number of likely N-dealkylation sites (tertiary alicyclic amines) is 1. The topological polar surface area (TPSA) is 12.5 Å². The Morgan fingerprint density at radius 2 is 2.05 bits per heavy atom. The largest absolute Gasteiger partial charge is 0.492 e. The molecule has 2 rings (SSSR count). The molecule has 0 unspecified atom stereocenters. The molecule has 1 heterocycles. The molecule has 0 spiro atoms. The van der Waals surface area contributed by atoms with Crippen LogP contribution in [-0.2, 0) is 0 Å². The van der Waals surface area contributed by atoms with Crippen molar-refractivity contribution >= 4 is 11.6 Å². The molecule has 0 aromatic heterocycles. The van der Waals surface area contributed by atoms with Gasteiger partial charge in [0, 0.05) is 24.9 Å². The zero-order valence-electron chi connectivity index (χ0n) is 12.2. The van der Waals surface area contributed by atoms with Crippen molar-refractivity contribution in [3.8, 4) is 17.6 Å². The van der Waals surface area contributed by atoms with Crippen molar-refractivity contribution in [3.05, 3.63) is 29.6 Å². The fourth-order valence-electron chi connectivity index (χ4n) is 2.37. The highest BCUT2D eigenvalue weighted by Crippen LogP contribution is 2.16. The number of rotatable bonds is 5. The van der Waals surface area contributed by atoms with Crippen LogP contribution < -0.4 is 4.74 Å². The van der Waals surface area contributed by atoms with Crippen molar-refractivity contribution in [1.29, 1.82) is 0 Å². The number of hydrogen-bond donors (Lipinski definition) is 0. The van der Waals surface area contributed by atoms with Gasteiger partial charge in [0.25, 0.3) is 0 Å². The van der Waals surface area contributed by atoms with E-state index in [4.69, 9.17) is 16.3 Å². The number of alkyl halides is 1. The average Bonchev–Trinajstić information content (AvgIpc) is 2.51. The third-order valence-corrected chi connectivity index (χ3v) is 3.70. The highest BCUT2D eigenvalue weighted by Gasteiger charge is 2.09. The maximum atomic E-state index is 13.8. The molecule has 0 atom stereocenters. The summed E-state index contributed by atoms with van der Waals surface area (Å²) >= 11 is 5.53. The molecule has 1 aliphatic rings. The van der Waals surface area contributed by atoms with Crippen molar-refractivity contribution in [2.45, 2.75) is 25.7 Å². The van der Waals surface area contributed by atoms with E-state index >= 15 is 0 Å². The molecule has 0 saturated carbocycles. The van der Waals surface area contributed by atoms with Gasteiger partial charge in [0.15, 0.2) is 0 Å². The molecule has 1 aromatic rings. The van der Waals surface area contributed by atoms with Crippen LogP contribution in [0.5, 0.6) is 5.75 Å². The van der Waals surface area contributed by atoms with Gasteiger partial charge in [-0.25, -0.2) is 4.39 Å². The second-order valence-electron chi connectivity index (χ2n) is 5.13. The summed E-state index contributed by atoms with van der Waals surface area (Å²) in [6, 6.07) is 4.83. The van der Waals surface area contributed by atoms with E-state index in [1.54, 1.807) is 12.1 Å². The summed E-state index contributed by atoms with van der Waals surface area (Å²) < 4.78 is 19.5. The summed E-state index contributed by atoms with van der Waals surface area (Å²) in [7, 11) is 0. The van der Waals surface area contributed by atoms with Crippen LogP contribution in [0, 0.1) is 17.7 Å². The second-order valence-corrected chi connectivity index (χ2v) is 5.51. The average molecular weight is 310 g/mol. The molecule has 2 nitrogen and oxygen atoms in total. The minimum atomic E-state index is -0.340. The van der Waals surface area contributed by atoms with E-state index in [0.717, 1.165) is 19.6 Å². The van der Waals surface area contributed by atoms with Crippen LogP contribution in [-0.4, -0.2) is 37.0 Å². The number of ether oxygens (including phenoxy) is 1. The van der Waals surface area contributed by atoms with E-state index in [2.05, 4.69) is 16.7 Å². The van der Waals surface area contributed by atoms with Crippen molar-refractivity contribution < 1.29 is 9.13 Å². The molecule has 0 aliphatic carbocycles. The summed E-state index contributed by atoms with van der Waals surface area (Å²) in [5.41, 5.74) is 0.392. The smallest absolute Gasteiger partial charge is 0.142 e. The number of piperidine rings is 1. The Hall–Kier alpha value is -1.24. The minimum Gasteiger partial charge on any atom is -0.492 e. The Morgan fingerprint density at radius 3 is 2.76 bits per heavy atom. The Balaban J connectivity index is 1.81. The predicted molar refractivity (Wildman–Crippen MR) is 84.4 cm³/mol. The predicted octanol–water partition coefficient (Wildman–Crippen LogP) is 3.67. The summed E-state index contributed by atoms with van der Waals surface area (Å²) in [6.45, 7) is 3.79. The molecule has 114 valence electrons.